The third kappa shape index (κ3) is 11.0. The fraction of sp³-hybridized carbons (Fsp3) is 0.615. The molecule has 14 heteroatoms. The third-order valence-corrected chi connectivity index (χ3v) is 6.56. The number of nitrogens with one attached hydrogen (secondary N) is 2. The standard InChI is InChI=1S/C12H16IN3O3.C12H18N4O3.2CH4/c2*1-18-12-9(14-7-10(13)16-12)6-15-11(17)8-2-4-19-5-3-8;;/h7-8H,2-6H2,1H3,(H,15,17);7-8H,2-6H2,1H3,(H2,13,16)(H,15,17);2*1H4. The summed E-state index contributed by atoms with van der Waals surface area (Å²) in [5.74, 6) is 1.20. The molecule has 2 amide bonds. The fourth-order valence-corrected chi connectivity index (χ4v) is 4.26. The number of nitrogens with two attached hydrogens (primary N) is 1. The molecular formula is C26H42IN7O6. The lowest BCUT2D eigenvalue weighted by molar-refractivity contribution is -0.128. The zero-order chi connectivity index (χ0) is 27.3. The molecule has 0 spiro atoms. The molecule has 2 aromatic rings. The number of ether oxygens (including phenoxy) is 4. The van der Waals surface area contributed by atoms with E-state index in [2.05, 4.69) is 53.2 Å². The van der Waals surface area contributed by atoms with Crippen molar-refractivity contribution in [2.45, 2.75) is 53.6 Å². The molecule has 4 N–H and O–H groups in total. The molecule has 40 heavy (non-hydrogen) atoms. The Morgan fingerprint density at radius 3 is 1.73 bits per heavy atom. The summed E-state index contributed by atoms with van der Waals surface area (Å²) >= 11 is 2.07. The van der Waals surface area contributed by atoms with E-state index in [-0.39, 0.29) is 50.9 Å². The van der Waals surface area contributed by atoms with Gasteiger partial charge in [0.1, 0.15) is 20.9 Å². The van der Waals surface area contributed by atoms with Crippen LogP contribution < -0.4 is 25.8 Å². The Balaban J connectivity index is 0.000000381. The van der Waals surface area contributed by atoms with E-state index in [1.165, 1.54) is 13.3 Å². The van der Waals surface area contributed by atoms with Gasteiger partial charge in [-0.1, -0.05) is 14.9 Å². The zero-order valence-corrected chi connectivity index (χ0v) is 23.7. The van der Waals surface area contributed by atoms with Gasteiger partial charge in [0.05, 0.1) is 39.7 Å². The van der Waals surface area contributed by atoms with Crippen molar-refractivity contribution in [2.24, 2.45) is 11.8 Å². The molecule has 13 nitrogen and oxygen atoms in total. The Kier molecular flexibility index (Phi) is 16.3. The Labute approximate surface area is 249 Å². The highest BCUT2D eigenvalue weighted by Gasteiger charge is 2.23. The van der Waals surface area contributed by atoms with Gasteiger partial charge < -0.3 is 35.3 Å². The number of hydrogen-bond donors (Lipinski definition) is 3. The number of hydrogen-bond acceptors (Lipinski definition) is 11. The average Bonchev–Trinajstić information content (AvgIpc) is 2.96. The van der Waals surface area contributed by atoms with E-state index in [1.54, 1.807) is 13.3 Å². The number of carbonyl (C=O) groups is 2. The first-order valence-corrected chi connectivity index (χ1v) is 13.4. The first-order valence-electron chi connectivity index (χ1n) is 12.3. The van der Waals surface area contributed by atoms with Crippen LogP contribution in [0.2, 0.25) is 0 Å². The second kappa shape index (κ2) is 18.5. The van der Waals surface area contributed by atoms with Gasteiger partial charge >= 0.3 is 0 Å². The summed E-state index contributed by atoms with van der Waals surface area (Å²) in [5.41, 5.74) is 6.73. The van der Waals surface area contributed by atoms with Gasteiger partial charge in [-0.3, -0.25) is 14.6 Å². The molecule has 0 aliphatic carbocycles. The van der Waals surface area contributed by atoms with E-state index in [4.69, 9.17) is 24.7 Å². The third-order valence-electron chi connectivity index (χ3n) is 6.04. The molecule has 2 fully saturated rings. The quantitative estimate of drug-likeness (QED) is 0.351. The predicted molar refractivity (Wildman–Crippen MR) is 159 cm³/mol. The van der Waals surface area contributed by atoms with E-state index in [9.17, 15) is 9.59 Å². The minimum Gasteiger partial charge on any atom is -0.480 e. The number of aromatic nitrogens is 4. The van der Waals surface area contributed by atoms with Crippen molar-refractivity contribution in [1.29, 1.82) is 0 Å². The number of rotatable bonds is 8. The van der Waals surface area contributed by atoms with Crippen LogP contribution in [0.5, 0.6) is 11.8 Å². The minimum absolute atomic E-state index is 0. The summed E-state index contributed by atoms with van der Waals surface area (Å²) in [6, 6.07) is 0. The van der Waals surface area contributed by atoms with Gasteiger partial charge in [-0.05, 0) is 48.3 Å². The van der Waals surface area contributed by atoms with Crippen molar-refractivity contribution >= 4 is 40.2 Å². The summed E-state index contributed by atoms with van der Waals surface area (Å²) in [6.45, 7) is 3.22. The van der Waals surface area contributed by atoms with Crippen LogP contribution in [-0.4, -0.2) is 72.4 Å². The highest BCUT2D eigenvalue weighted by Crippen LogP contribution is 2.18. The Hall–Kier alpha value is -2.85. The van der Waals surface area contributed by atoms with Crippen LogP contribution >= 0.6 is 22.6 Å². The largest absolute Gasteiger partial charge is 0.480 e. The number of anilines is 1. The van der Waals surface area contributed by atoms with Crippen LogP contribution in [0.4, 0.5) is 5.82 Å². The second-order valence-electron chi connectivity index (χ2n) is 8.61. The maximum absolute atomic E-state index is 12.0. The van der Waals surface area contributed by atoms with Gasteiger partial charge in [-0.2, -0.15) is 4.98 Å². The molecule has 224 valence electrons. The maximum Gasteiger partial charge on any atom is 0.239 e. The highest BCUT2D eigenvalue weighted by molar-refractivity contribution is 14.1. The molecule has 0 atom stereocenters. The molecule has 2 saturated heterocycles. The van der Waals surface area contributed by atoms with Crippen molar-refractivity contribution in [3.05, 3.63) is 27.5 Å². The number of methoxy groups -OCH3 is 2. The van der Waals surface area contributed by atoms with Crippen molar-refractivity contribution in [3.63, 3.8) is 0 Å². The topological polar surface area (TPSA) is 173 Å². The molecule has 0 unspecified atom stereocenters. The SMILES string of the molecule is C.C.COc1nc(I)cnc1CNC(=O)C1CCOCC1.COc1nc(N)cnc1CNC(=O)C1CCOCC1. The molecule has 0 radical (unpaired) electrons. The van der Waals surface area contributed by atoms with E-state index in [1.807, 2.05) is 0 Å². The van der Waals surface area contributed by atoms with Crippen LogP contribution in [-0.2, 0) is 32.2 Å². The Bertz CT molecular complexity index is 982. The summed E-state index contributed by atoms with van der Waals surface area (Å²) < 4.78 is 21.5. The molecule has 2 aliphatic heterocycles. The van der Waals surface area contributed by atoms with Gasteiger partial charge in [0.2, 0.25) is 23.6 Å². The molecule has 0 aromatic carbocycles. The molecule has 2 aliphatic rings. The smallest absolute Gasteiger partial charge is 0.239 e. The summed E-state index contributed by atoms with van der Waals surface area (Å²) in [4.78, 5) is 40.5. The lowest BCUT2D eigenvalue weighted by Crippen LogP contribution is -2.34. The first kappa shape index (κ1) is 35.2. The van der Waals surface area contributed by atoms with Gasteiger partial charge in [0, 0.05) is 38.3 Å². The average molecular weight is 676 g/mol. The molecule has 4 rings (SSSR count). The van der Waals surface area contributed by atoms with Gasteiger partial charge in [0.15, 0.2) is 0 Å². The first-order chi connectivity index (χ1) is 18.4. The lowest BCUT2D eigenvalue weighted by atomic mass is 9.99. The number of carbonyl (C=O) groups excluding carboxylic acids is 2. The van der Waals surface area contributed by atoms with E-state index >= 15 is 0 Å². The van der Waals surface area contributed by atoms with E-state index in [0.717, 1.165) is 29.4 Å². The lowest BCUT2D eigenvalue weighted by Gasteiger charge is -2.21. The second-order valence-corrected chi connectivity index (χ2v) is 9.71. The van der Waals surface area contributed by atoms with Gasteiger partial charge in [0.25, 0.3) is 0 Å². The molecular weight excluding hydrogens is 633 g/mol. The van der Waals surface area contributed by atoms with Crippen molar-refractivity contribution in [1.82, 2.24) is 30.6 Å². The number of amides is 2. The monoisotopic (exact) mass is 675 g/mol. The number of halogens is 1. The Morgan fingerprint density at radius 1 is 0.850 bits per heavy atom. The Morgan fingerprint density at radius 2 is 1.27 bits per heavy atom. The van der Waals surface area contributed by atoms with Crippen molar-refractivity contribution in [2.75, 3.05) is 46.4 Å². The minimum atomic E-state index is 0. The van der Waals surface area contributed by atoms with Crippen LogP contribution in [0.15, 0.2) is 12.4 Å². The fourth-order valence-electron chi connectivity index (χ4n) is 3.91. The van der Waals surface area contributed by atoms with Crippen LogP contribution in [0, 0.1) is 15.5 Å². The molecule has 2 aromatic heterocycles. The summed E-state index contributed by atoms with van der Waals surface area (Å²) in [7, 11) is 3.04. The molecule has 0 saturated carbocycles. The normalized spacial score (nSPS) is 15.3. The number of nitrogen functional groups attached to an aromatic ring is 1. The van der Waals surface area contributed by atoms with Crippen molar-refractivity contribution in [3.8, 4) is 11.8 Å². The maximum atomic E-state index is 12.0. The van der Waals surface area contributed by atoms with E-state index < -0.39 is 0 Å². The predicted octanol–water partition coefficient (Wildman–Crippen LogP) is 2.52. The molecule has 0 bridgehead atoms. The van der Waals surface area contributed by atoms with Crippen LogP contribution in [0.25, 0.3) is 0 Å². The summed E-state index contributed by atoms with van der Waals surface area (Å²) in [5, 5.41) is 5.73. The van der Waals surface area contributed by atoms with Crippen molar-refractivity contribution < 1.29 is 28.5 Å². The van der Waals surface area contributed by atoms with Crippen LogP contribution in [0.1, 0.15) is 51.9 Å². The summed E-state index contributed by atoms with van der Waals surface area (Å²) in [6.07, 6.45) is 6.17. The highest BCUT2D eigenvalue weighted by atomic mass is 127. The van der Waals surface area contributed by atoms with Gasteiger partial charge in [-0.25, -0.2) is 9.97 Å². The zero-order valence-electron chi connectivity index (χ0n) is 21.6. The van der Waals surface area contributed by atoms with Crippen LogP contribution in [0.3, 0.4) is 0 Å². The number of nitrogens with zero attached hydrogens (tertiary/aromatic N) is 4. The molecule has 4 heterocycles. The van der Waals surface area contributed by atoms with Gasteiger partial charge in [-0.15, -0.1) is 0 Å². The van der Waals surface area contributed by atoms with E-state index in [0.29, 0.717) is 56.1 Å².